The van der Waals surface area contributed by atoms with Crippen molar-refractivity contribution in [3.63, 3.8) is 0 Å². The molecule has 4 aromatic rings. The largest absolute Gasteiger partial charge is 0.382 e. The fraction of sp³-hybridized carbons (Fsp3) is 0.160. The van der Waals surface area contributed by atoms with Crippen LogP contribution < -0.4 is 21.3 Å². The molecule has 2 aromatic carbocycles. The summed E-state index contributed by atoms with van der Waals surface area (Å²) >= 11 is 1.64. The molecule has 2 atom stereocenters. The number of amides is 1. The molecule has 1 unspecified atom stereocenters. The Kier molecular flexibility index (Phi) is 5.41. The summed E-state index contributed by atoms with van der Waals surface area (Å²) in [6, 6.07) is 19.3. The molecule has 33 heavy (non-hydrogen) atoms. The number of pyridine rings is 1. The Hall–Kier alpha value is -3.59. The van der Waals surface area contributed by atoms with Gasteiger partial charge in [0.05, 0.1) is 18.6 Å². The molecule has 2 aromatic heterocycles. The third-order valence-corrected chi connectivity index (χ3v) is 6.91. The number of rotatable bonds is 6. The maximum absolute atomic E-state index is 12.6. The molecule has 7 nitrogen and oxygen atoms in total. The first-order valence-electron chi connectivity index (χ1n) is 10.7. The summed E-state index contributed by atoms with van der Waals surface area (Å²) in [5.41, 5.74) is 18.0. The number of anilines is 1. The monoisotopic (exact) mass is 457 g/mol. The normalized spacial score (nSPS) is 17.8. The quantitative estimate of drug-likeness (QED) is 0.380. The zero-order chi connectivity index (χ0) is 23.0. The number of nitrogen functional groups attached to an aromatic ring is 1. The summed E-state index contributed by atoms with van der Waals surface area (Å²) in [5, 5.41) is 4.99. The predicted octanol–water partition coefficient (Wildman–Crippen LogP) is 4.01. The number of thiophene rings is 1. The van der Waals surface area contributed by atoms with E-state index in [1.54, 1.807) is 11.3 Å². The van der Waals surface area contributed by atoms with Crippen molar-refractivity contribution in [3.05, 3.63) is 77.2 Å². The Morgan fingerprint density at radius 3 is 2.73 bits per heavy atom. The minimum atomic E-state index is -0.597. The lowest BCUT2D eigenvalue weighted by Gasteiger charge is -2.26. The lowest BCUT2D eigenvalue weighted by atomic mass is 10.1. The van der Waals surface area contributed by atoms with E-state index in [1.807, 2.05) is 60.2 Å². The van der Waals surface area contributed by atoms with Crippen LogP contribution in [0.4, 0.5) is 22.9 Å². The first kappa shape index (κ1) is 21.3. The van der Waals surface area contributed by atoms with Crippen molar-refractivity contribution in [2.24, 2.45) is 10.7 Å². The minimum Gasteiger partial charge on any atom is -0.382 e. The number of hydrogen-bond acceptors (Lipinski definition) is 6. The molecule has 5 N–H and O–H groups in total. The number of aliphatic imine (C=N–C) groups is 1. The second-order valence-electron chi connectivity index (χ2n) is 8.33. The molecule has 0 saturated carbocycles. The number of nitrogens with zero attached hydrogens (tertiary/aromatic N) is 3. The molecule has 0 saturated heterocycles. The topological polar surface area (TPSA) is 106 Å². The van der Waals surface area contributed by atoms with Crippen molar-refractivity contribution in [3.8, 4) is 0 Å². The molecular weight excluding hydrogens is 432 g/mol. The number of benzene rings is 2. The van der Waals surface area contributed by atoms with Gasteiger partial charge in [0.15, 0.2) is 17.2 Å². The standard InChI is InChI=1S/C25H24N6OS/c1-31(15-29-21-22(31)23-20(10-11-33-23)30-24(21)27)18-9-5-8-17(12-18)14-28-25(32)19(26)13-16-6-3-2-4-7-16/h2-12,15,19H,13-14,26H2,1H3,(H2-,27,28,30,32)/p+1/t19-,31?/m1/s1. The Morgan fingerprint density at radius 1 is 1.12 bits per heavy atom. The number of carbonyl (C=O) groups is 1. The van der Waals surface area contributed by atoms with Gasteiger partial charge >= 0.3 is 0 Å². The molecule has 0 radical (unpaired) electrons. The summed E-state index contributed by atoms with van der Waals surface area (Å²) in [7, 11) is 2.08. The fourth-order valence-corrected chi connectivity index (χ4v) is 5.17. The van der Waals surface area contributed by atoms with Gasteiger partial charge in [0, 0.05) is 18.7 Å². The molecule has 1 aliphatic rings. The van der Waals surface area contributed by atoms with E-state index in [1.165, 1.54) is 0 Å². The summed E-state index contributed by atoms with van der Waals surface area (Å²) in [6.45, 7) is 0.395. The molecule has 0 aliphatic carbocycles. The van der Waals surface area contributed by atoms with Crippen LogP contribution in [0.2, 0.25) is 0 Å². The van der Waals surface area contributed by atoms with Gasteiger partial charge < -0.3 is 16.8 Å². The molecule has 0 bridgehead atoms. The summed E-state index contributed by atoms with van der Waals surface area (Å²) < 4.78 is 1.46. The van der Waals surface area contributed by atoms with Crippen molar-refractivity contribution >= 4 is 56.7 Å². The minimum absolute atomic E-state index is 0.170. The Bertz CT molecular complexity index is 1370. The number of nitrogens with one attached hydrogen (secondary N) is 1. The van der Waals surface area contributed by atoms with Crippen molar-refractivity contribution in [2.45, 2.75) is 19.0 Å². The number of fused-ring (bicyclic) bond motifs is 3. The first-order valence-corrected chi connectivity index (χ1v) is 11.6. The number of aromatic nitrogens is 1. The highest BCUT2D eigenvalue weighted by molar-refractivity contribution is 7.17. The molecule has 8 heteroatoms. The Labute approximate surface area is 196 Å². The van der Waals surface area contributed by atoms with E-state index in [9.17, 15) is 4.79 Å². The van der Waals surface area contributed by atoms with Crippen LogP contribution in [-0.4, -0.2) is 30.3 Å². The number of carbonyl (C=O) groups excluding carboxylic acids is 1. The third kappa shape index (κ3) is 3.89. The average Bonchev–Trinajstić information content (AvgIpc) is 3.43. The number of nitrogens with two attached hydrogens (primary N) is 2. The summed E-state index contributed by atoms with van der Waals surface area (Å²) in [5.74, 6) is 0.265. The van der Waals surface area contributed by atoms with Crippen LogP contribution >= 0.6 is 11.3 Å². The second-order valence-corrected chi connectivity index (χ2v) is 9.25. The van der Waals surface area contributed by atoms with Crippen LogP contribution in [0.3, 0.4) is 0 Å². The van der Waals surface area contributed by atoms with Gasteiger partial charge in [-0.2, -0.15) is 4.99 Å². The van der Waals surface area contributed by atoms with E-state index < -0.39 is 6.04 Å². The molecule has 3 heterocycles. The van der Waals surface area contributed by atoms with Gasteiger partial charge in [0.2, 0.25) is 12.2 Å². The highest BCUT2D eigenvalue weighted by Crippen LogP contribution is 2.50. The molecule has 0 spiro atoms. The zero-order valence-electron chi connectivity index (χ0n) is 18.2. The smallest absolute Gasteiger partial charge is 0.237 e. The molecule has 0 fully saturated rings. The SMILES string of the molecule is C[N+]1(c2cccc(CNC(=O)[C@H](N)Cc3ccccc3)c2)C=Nc2c(N)nc3ccsc3c21. The van der Waals surface area contributed by atoms with Crippen LogP contribution in [0.5, 0.6) is 0 Å². The first-order chi connectivity index (χ1) is 16.0. The third-order valence-electron chi connectivity index (χ3n) is 6.00. The summed E-state index contributed by atoms with van der Waals surface area (Å²) in [4.78, 5) is 21.7. The van der Waals surface area contributed by atoms with Gasteiger partial charge in [0.1, 0.15) is 10.4 Å². The van der Waals surface area contributed by atoms with Gasteiger partial charge in [-0.1, -0.05) is 42.5 Å². The van der Waals surface area contributed by atoms with E-state index in [4.69, 9.17) is 11.5 Å². The second kappa shape index (κ2) is 8.40. The summed E-state index contributed by atoms with van der Waals surface area (Å²) in [6.07, 6.45) is 2.39. The van der Waals surface area contributed by atoms with E-state index in [-0.39, 0.29) is 5.91 Å². The Balaban J connectivity index is 1.36. The maximum atomic E-state index is 12.6. The van der Waals surface area contributed by atoms with Crippen LogP contribution in [-0.2, 0) is 17.8 Å². The zero-order valence-corrected chi connectivity index (χ0v) is 19.0. The fourth-order valence-electron chi connectivity index (χ4n) is 4.20. The molecular formula is C25H25N6OS+. The number of quaternary nitrogens is 1. The molecule has 166 valence electrons. The maximum Gasteiger partial charge on any atom is 0.237 e. The van der Waals surface area contributed by atoms with E-state index >= 15 is 0 Å². The highest BCUT2D eigenvalue weighted by atomic mass is 32.1. The average molecular weight is 458 g/mol. The van der Waals surface area contributed by atoms with Crippen molar-refractivity contribution in [1.29, 1.82) is 0 Å². The van der Waals surface area contributed by atoms with E-state index in [0.29, 0.717) is 23.3 Å². The van der Waals surface area contributed by atoms with Crippen molar-refractivity contribution in [2.75, 3.05) is 12.8 Å². The van der Waals surface area contributed by atoms with Crippen molar-refractivity contribution < 1.29 is 4.79 Å². The lowest BCUT2D eigenvalue weighted by molar-refractivity contribution is -0.122. The number of hydrogen-bond donors (Lipinski definition) is 3. The molecule has 1 aliphatic heterocycles. The van der Waals surface area contributed by atoms with Gasteiger partial charge in [-0.3, -0.25) is 4.79 Å². The lowest BCUT2D eigenvalue weighted by Crippen LogP contribution is -2.41. The van der Waals surface area contributed by atoms with E-state index in [2.05, 4.69) is 34.5 Å². The Morgan fingerprint density at radius 2 is 1.91 bits per heavy atom. The van der Waals surface area contributed by atoms with E-state index in [0.717, 1.165) is 38.4 Å². The van der Waals surface area contributed by atoms with Crippen LogP contribution in [0, 0.1) is 0 Å². The van der Waals surface area contributed by atoms with Crippen LogP contribution in [0.15, 0.2) is 71.0 Å². The van der Waals surface area contributed by atoms with Gasteiger partial charge in [0.25, 0.3) is 0 Å². The molecule has 1 amide bonds. The van der Waals surface area contributed by atoms with Crippen molar-refractivity contribution in [1.82, 2.24) is 14.8 Å². The van der Waals surface area contributed by atoms with Crippen LogP contribution in [0.25, 0.3) is 10.2 Å². The molecule has 5 rings (SSSR count). The van der Waals surface area contributed by atoms with Gasteiger partial charge in [-0.05, 0) is 29.0 Å². The van der Waals surface area contributed by atoms with Gasteiger partial charge in [-0.15, -0.1) is 11.3 Å². The predicted molar refractivity (Wildman–Crippen MR) is 136 cm³/mol. The highest BCUT2D eigenvalue weighted by Gasteiger charge is 2.39. The van der Waals surface area contributed by atoms with Gasteiger partial charge in [-0.25, -0.2) is 9.47 Å². The van der Waals surface area contributed by atoms with Crippen LogP contribution in [0.1, 0.15) is 11.1 Å².